The molecule has 88 valence electrons. The van der Waals surface area contributed by atoms with Crippen LogP contribution in [0.1, 0.15) is 35.5 Å². The molecule has 16 heavy (non-hydrogen) atoms. The third-order valence-electron chi connectivity index (χ3n) is 2.53. The summed E-state index contributed by atoms with van der Waals surface area (Å²) in [6.07, 6.45) is 0. The Kier molecular flexibility index (Phi) is 3.52. The molecule has 0 amide bonds. The normalized spacial score (nSPS) is 10.8. The molecule has 0 atom stereocenters. The van der Waals surface area contributed by atoms with Crippen LogP contribution in [0.15, 0.2) is 10.9 Å². The fourth-order valence-corrected chi connectivity index (χ4v) is 1.84. The lowest BCUT2D eigenvalue weighted by molar-refractivity contribution is 0.0694. The molecule has 0 aromatic carbocycles. The molecule has 1 N–H and O–H groups in total. The van der Waals surface area contributed by atoms with E-state index in [1.165, 1.54) is 10.6 Å². The van der Waals surface area contributed by atoms with Gasteiger partial charge in [-0.15, -0.1) is 0 Å². The summed E-state index contributed by atoms with van der Waals surface area (Å²) in [7, 11) is 0. The zero-order valence-corrected chi connectivity index (χ0v) is 10.1. The van der Waals surface area contributed by atoms with E-state index in [2.05, 4.69) is 0 Å². The quantitative estimate of drug-likeness (QED) is 0.850. The van der Waals surface area contributed by atoms with E-state index < -0.39 is 5.97 Å². The smallest absolute Gasteiger partial charge is 0.337 e. The highest BCUT2D eigenvalue weighted by Crippen LogP contribution is 2.12. The number of hydrogen-bond acceptors (Lipinski definition) is 2. The van der Waals surface area contributed by atoms with Crippen molar-refractivity contribution in [3.05, 3.63) is 33.2 Å². The molecule has 0 aliphatic rings. The van der Waals surface area contributed by atoms with Gasteiger partial charge in [-0.25, -0.2) is 4.79 Å². The van der Waals surface area contributed by atoms with Gasteiger partial charge in [-0.05, 0) is 25.3 Å². The lowest BCUT2D eigenvalue weighted by Gasteiger charge is -2.15. The molecule has 1 aromatic rings. The zero-order valence-electron chi connectivity index (χ0n) is 10.1. The van der Waals surface area contributed by atoms with Gasteiger partial charge in [0.1, 0.15) is 0 Å². The number of aromatic nitrogens is 1. The third-order valence-corrected chi connectivity index (χ3v) is 2.53. The van der Waals surface area contributed by atoms with Crippen LogP contribution in [-0.4, -0.2) is 15.6 Å². The van der Waals surface area contributed by atoms with Crippen LogP contribution in [0.25, 0.3) is 0 Å². The number of carboxylic acids is 1. The Morgan fingerprint density at radius 2 is 2.00 bits per heavy atom. The summed E-state index contributed by atoms with van der Waals surface area (Å²) in [4.78, 5) is 22.8. The van der Waals surface area contributed by atoms with Gasteiger partial charge >= 0.3 is 5.97 Å². The Morgan fingerprint density at radius 1 is 1.44 bits per heavy atom. The maximum absolute atomic E-state index is 11.7. The molecule has 4 nitrogen and oxygen atoms in total. The largest absolute Gasteiger partial charge is 0.478 e. The summed E-state index contributed by atoms with van der Waals surface area (Å²) in [5.74, 6) is -0.673. The van der Waals surface area contributed by atoms with Crippen LogP contribution in [-0.2, 0) is 6.54 Å². The lowest BCUT2D eigenvalue weighted by Crippen LogP contribution is -2.27. The first-order valence-corrected chi connectivity index (χ1v) is 5.29. The summed E-state index contributed by atoms with van der Waals surface area (Å²) < 4.78 is 1.53. The average Bonchev–Trinajstić information content (AvgIpc) is 2.10. The number of carbonyl (C=O) groups is 1. The van der Waals surface area contributed by atoms with Crippen LogP contribution in [0.2, 0.25) is 0 Å². The van der Waals surface area contributed by atoms with Crippen LogP contribution < -0.4 is 5.56 Å². The van der Waals surface area contributed by atoms with Crippen molar-refractivity contribution >= 4 is 5.97 Å². The van der Waals surface area contributed by atoms with Gasteiger partial charge in [0.25, 0.3) is 5.56 Å². The van der Waals surface area contributed by atoms with E-state index in [0.29, 0.717) is 23.7 Å². The van der Waals surface area contributed by atoms with Gasteiger partial charge in [-0.2, -0.15) is 0 Å². The third kappa shape index (κ3) is 2.32. The SMILES string of the molecule is Cc1cc(=O)n(CC(C)C)c(C)c1C(=O)O. The number of pyridine rings is 1. The number of aryl methyl sites for hydroxylation is 1. The molecule has 4 heteroatoms. The Balaban J connectivity index is 3.45. The molecule has 0 saturated heterocycles. The molecule has 0 saturated carbocycles. The van der Waals surface area contributed by atoms with Crippen molar-refractivity contribution in [3.63, 3.8) is 0 Å². The van der Waals surface area contributed by atoms with Gasteiger partial charge in [0.2, 0.25) is 0 Å². The summed E-state index contributed by atoms with van der Waals surface area (Å²) in [5, 5.41) is 9.08. The van der Waals surface area contributed by atoms with Gasteiger partial charge in [0.15, 0.2) is 0 Å². The highest BCUT2D eigenvalue weighted by Gasteiger charge is 2.15. The Hall–Kier alpha value is -1.58. The predicted molar refractivity (Wildman–Crippen MR) is 62.0 cm³/mol. The van der Waals surface area contributed by atoms with E-state index in [4.69, 9.17) is 5.11 Å². The van der Waals surface area contributed by atoms with Gasteiger partial charge in [0.05, 0.1) is 5.56 Å². The highest BCUT2D eigenvalue weighted by atomic mass is 16.4. The van der Waals surface area contributed by atoms with Crippen molar-refractivity contribution in [1.29, 1.82) is 0 Å². The molecule has 0 spiro atoms. The first-order chi connectivity index (χ1) is 7.34. The van der Waals surface area contributed by atoms with Crippen molar-refractivity contribution in [1.82, 2.24) is 4.57 Å². The Labute approximate surface area is 94.5 Å². The van der Waals surface area contributed by atoms with Crippen molar-refractivity contribution in [2.45, 2.75) is 34.2 Å². The second-order valence-electron chi connectivity index (χ2n) is 4.44. The minimum Gasteiger partial charge on any atom is -0.478 e. The molecule has 0 bridgehead atoms. The number of nitrogens with zero attached hydrogens (tertiary/aromatic N) is 1. The van der Waals surface area contributed by atoms with Crippen LogP contribution in [0.4, 0.5) is 0 Å². The molecule has 0 aliphatic heterocycles. The van der Waals surface area contributed by atoms with E-state index in [1.54, 1.807) is 13.8 Å². The number of aromatic carboxylic acids is 1. The minimum absolute atomic E-state index is 0.131. The average molecular weight is 223 g/mol. The number of carboxylic acid groups (broad SMARTS) is 1. The molecule has 1 rings (SSSR count). The van der Waals surface area contributed by atoms with Crippen LogP contribution in [0.3, 0.4) is 0 Å². The maximum Gasteiger partial charge on any atom is 0.337 e. The van der Waals surface area contributed by atoms with Crippen molar-refractivity contribution < 1.29 is 9.90 Å². The topological polar surface area (TPSA) is 59.3 Å². The first kappa shape index (κ1) is 12.5. The Morgan fingerprint density at radius 3 is 2.44 bits per heavy atom. The minimum atomic E-state index is -0.979. The van der Waals surface area contributed by atoms with Gasteiger partial charge < -0.3 is 9.67 Å². The van der Waals surface area contributed by atoms with Crippen molar-refractivity contribution in [2.75, 3.05) is 0 Å². The highest BCUT2D eigenvalue weighted by molar-refractivity contribution is 5.90. The standard InChI is InChI=1S/C12H17NO3/c1-7(2)6-13-9(4)11(12(15)16)8(3)5-10(13)14/h5,7H,6H2,1-4H3,(H,15,16). The monoisotopic (exact) mass is 223 g/mol. The first-order valence-electron chi connectivity index (χ1n) is 5.29. The molecule has 1 heterocycles. The fraction of sp³-hybridized carbons (Fsp3) is 0.500. The van der Waals surface area contributed by atoms with E-state index >= 15 is 0 Å². The van der Waals surface area contributed by atoms with Crippen LogP contribution in [0.5, 0.6) is 0 Å². The molecule has 0 fully saturated rings. The summed E-state index contributed by atoms with van der Waals surface area (Å²) >= 11 is 0. The number of rotatable bonds is 3. The van der Waals surface area contributed by atoms with Crippen LogP contribution in [0, 0.1) is 19.8 Å². The van der Waals surface area contributed by atoms with Crippen molar-refractivity contribution in [2.24, 2.45) is 5.92 Å². The van der Waals surface area contributed by atoms with Crippen LogP contribution >= 0.6 is 0 Å². The van der Waals surface area contributed by atoms with E-state index in [0.717, 1.165) is 0 Å². The van der Waals surface area contributed by atoms with E-state index in [-0.39, 0.29) is 11.1 Å². The van der Waals surface area contributed by atoms with E-state index in [1.807, 2.05) is 13.8 Å². The number of hydrogen-bond donors (Lipinski definition) is 1. The molecule has 0 aliphatic carbocycles. The van der Waals surface area contributed by atoms with E-state index in [9.17, 15) is 9.59 Å². The maximum atomic E-state index is 11.7. The fourth-order valence-electron chi connectivity index (χ4n) is 1.84. The molecule has 0 radical (unpaired) electrons. The Bertz CT molecular complexity index is 472. The van der Waals surface area contributed by atoms with Gasteiger partial charge in [0, 0.05) is 18.3 Å². The summed E-state index contributed by atoms with van der Waals surface area (Å²) in [6.45, 7) is 7.86. The molecule has 1 aromatic heterocycles. The molecular formula is C12H17NO3. The zero-order chi connectivity index (χ0) is 12.5. The second-order valence-corrected chi connectivity index (χ2v) is 4.44. The predicted octanol–water partition coefficient (Wildman–Crippen LogP) is 1.82. The summed E-state index contributed by atoms with van der Waals surface area (Å²) in [5.41, 5.74) is 1.16. The second kappa shape index (κ2) is 4.51. The van der Waals surface area contributed by atoms with Gasteiger partial charge in [-0.3, -0.25) is 4.79 Å². The molecule has 0 unspecified atom stereocenters. The van der Waals surface area contributed by atoms with Crippen molar-refractivity contribution in [3.8, 4) is 0 Å². The van der Waals surface area contributed by atoms with Gasteiger partial charge in [-0.1, -0.05) is 13.8 Å². The summed E-state index contributed by atoms with van der Waals surface area (Å²) in [6, 6.07) is 1.39. The molecular weight excluding hydrogens is 206 g/mol. The lowest BCUT2D eigenvalue weighted by atomic mass is 10.1.